The highest BCUT2D eigenvalue weighted by Crippen LogP contribution is 2.28. The van der Waals surface area contributed by atoms with Crippen LogP contribution in [0.1, 0.15) is 5.56 Å². The van der Waals surface area contributed by atoms with Crippen molar-refractivity contribution >= 4 is 11.0 Å². The first-order chi connectivity index (χ1) is 10.2. The molecule has 0 atom stereocenters. The lowest BCUT2D eigenvalue weighted by Crippen LogP contribution is -2.05. The minimum absolute atomic E-state index is 0.104. The molecule has 0 saturated carbocycles. The van der Waals surface area contributed by atoms with Gasteiger partial charge in [-0.15, -0.1) is 6.58 Å². The summed E-state index contributed by atoms with van der Waals surface area (Å²) in [5, 5.41) is 10.4. The van der Waals surface area contributed by atoms with Crippen molar-refractivity contribution < 1.29 is 9.52 Å². The Kier molecular flexibility index (Phi) is 3.32. The normalized spacial score (nSPS) is 10.7. The maximum Gasteiger partial charge on any atom is 0.200 e. The number of rotatable bonds is 3. The number of fused-ring (bicyclic) bond motifs is 1. The zero-order valence-electron chi connectivity index (χ0n) is 11.4. The number of benzene rings is 2. The predicted molar refractivity (Wildman–Crippen MR) is 83.5 cm³/mol. The van der Waals surface area contributed by atoms with Gasteiger partial charge >= 0.3 is 0 Å². The summed E-state index contributed by atoms with van der Waals surface area (Å²) < 4.78 is 5.63. The lowest BCUT2D eigenvalue weighted by molar-refractivity contribution is 0.468. The number of hydrogen-bond donors (Lipinski definition) is 1. The predicted octanol–water partition coefficient (Wildman–Crippen LogP) is 3.89. The van der Waals surface area contributed by atoms with Crippen molar-refractivity contribution in [2.75, 3.05) is 0 Å². The lowest BCUT2D eigenvalue weighted by atomic mass is 10.0. The van der Waals surface area contributed by atoms with E-state index >= 15 is 0 Å². The minimum Gasteiger partial charge on any atom is -0.508 e. The molecule has 0 unspecified atom stereocenters. The monoisotopic (exact) mass is 278 g/mol. The molecule has 0 aliphatic rings. The second kappa shape index (κ2) is 5.29. The van der Waals surface area contributed by atoms with E-state index in [1.165, 1.54) is 12.3 Å². The molecule has 0 amide bonds. The molecule has 0 fully saturated rings. The van der Waals surface area contributed by atoms with Gasteiger partial charge in [0.15, 0.2) is 0 Å². The Balaban J connectivity index is 2.30. The van der Waals surface area contributed by atoms with Gasteiger partial charge in [0, 0.05) is 5.56 Å². The van der Waals surface area contributed by atoms with Crippen molar-refractivity contribution in [1.29, 1.82) is 0 Å². The van der Waals surface area contributed by atoms with Crippen LogP contribution in [0.15, 0.2) is 70.6 Å². The van der Waals surface area contributed by atoms with E-state index in [1.807, 2.05) is 30.3 Å². The van der Waals surface area contributed by atoms with Crippen LogP contribution in [0.25, 0.3) is 22.1 Å². The van der Waals surface area contributed by atoms with Gasteiger partial charge in [0.2, 0.25) is 5.43 Å². The number of phenols is 1. The molecule has 0 aliphatic heterocycles. The summed E-state index contributed by atoms with van der Waals surface area (Å²) in [5.74, 6) is 0.109. The van der Waals surface area contributed by atoms with Crippen LogP contribution in [-0.2, 0) is 6.42 Å². The van der Waals surface area contributed by atoms with Gasteiger partial charge in [0.05, 0.1) is 10.9 Å². The maximum atomic E-state index is 12.6. The molecule has 104 valence electrons. The van der Waals surface area contributed by atoms with Gasteiger partial charge in [-0.1, -0.05) is 36.4 Å². The Labute approximate surface area is 121 Å². The highest BCUT2D eigenvalue weighted by atomic mass is 16.3. The molecule has 3 rings (SSSR count). The maximum absolute atomic E-state index is 12.6. The number of allylic oxidation sites excluding steroid dienone is 1. The van der Waals surface area contributed by atoms with Gasteiger partial charge in [-0.25, -0.2) is 0 Å². The fourth-order valence-corrected chi connectivity index (χ4v) is 2.41. The molecule has 3 nitrogen and oxygen atoms in total. The highest BCUT2D eigenvalue weighted by molar-refractivity contribution is 5.85. The van der Waals surface area contributed by atoms with Crippen LogP contribution in [0, 0.1) is 0 Å². The third-order valence-corrected chi connectivity index (χ3v) is 3.45. The van der Waals surface area contributed by atoms with E-state index in [4.69, 9.17) is 4.42 Å². The fraction of sp³-hybridized carbons (Fsp3) is 0.0556. The molecule has 0 saturated heterocycles. The van der Waals surface area contributed by atoms with E-state index in [2.05, 4.69) is 6.58 Å². The first kappa shape index (κ1) is 13.2. The average Bonchev–Trinajstić information content (AvgIpc) is 2.51. The summed E-state index contributed by atoms with van der Waals surface area (Å²) in [6, 6.07) is 12.5. The van der Waals surface area contributed by atoms with E-state index in [0.29, 0.717) is 28.5 Å². The lowest BCUT2D eigenvalue weighted by Gasteiger charge is -2.07. The molecule has 21 heavy (non-hydrogen) atoms. The van der Waals surface area contributed by atoms with Crippen molar-refractivity contribution in [2.24, 2.45) is 0 Å². The first-order valence-corrected chi connectivity index (χ1v) is 6.65. The summed E-state index contributed by atoms with van der Waals surface area (Å²) in [5.41, 5.74) is 2.22. The molecule has 0 radical (unpaired) electrons. The topological polar surface area (TPSA) is 50.4 Å². The smallest absolute Gasteiger partial charge is 0.200 e. The fourth-order valence-electron chi connectivity index (χ4n) is 2.41. The largest absolute Gasteiger partial charge is 0.508 e. The van der Waals surface area contributed by atoms with Gasteiger partial charge in [0.25, 0.3) is 0 Å². The second-order valence-corrected chi connectivity index (χ2v) is 4.78. The van der Waals surface area contributed by atoms with Crippen molar-refractivity contribution in [3.8, 4) is 16.9 Å². The van der Waals surface area contributed by atoms with Crippen molar-refractivity contribution in [1.82, 2.24) is 0 Å². The summed E-state index contributed by atoms with van der Waals surface area (Å²) in [6.07, 6.45) is 3.56. The number of hydrogen-bond acceptors (Lipinski definition) is 3. The molecular formula is C18H14O3. The molecule has 0 aliphatic carbocycles. The van der Waals surface area contributed by atoms with Gasteiger partial charge in [-0.3, -0.25) is 4.79 Å². The summed E-state index contributed by atoms with van der Waals surface area (Å²) in [4.78, 5) is 12.6. The molecule has 3 aromatic rings. The minimum atomic E-state index is -0.104. The summed E-state index contributed by atoms with van der Waals surface area (Å²) in [6.45, 7) is 3.66. The van der Waals surface area contributed by atoms with Crippen LogP contribution >= 0.6 is 0 Å². The third kappa shape index (κ3) is 2.23. The van der Waals surface area contributed by atoms with Gasteiger partial charge in [0.1, 0.15) is 17.6 Å². The Morgan fingerprint density at radius 3 is 2.62 bits per heavy atom. The van der Waals surface area contributed by atoms with Crippen LogP contribution < -0.4 is 5.43 Å². The standard InChI is InChI=1S/C18H14O3/c1-2-6-13-16(19)10-9-14-17(20)15(11-21-18(13)14)12-7-4-3-5-8-12/h2-5,7-11,19H,1,6H2. The van der Waals surface area contributed by atoms with Crippen LogP contribution in [0.5, 0.6) is 5.75 Å². The first-order valence-electron chi connectivity index (χ1n) is 6.65. The highest BCUT2D eigenvalue weighted by Gasteiger charge is 2.13. The van der Waals surface area contributed by atoms with Crippen molar-refractivity contribution in [2.45, 2.75) is 6.42 Å². The van der Waals surface area contributed by atoms with Crippen LogP contribution in [0.2, 0.25) is 0 Å². The van der Waals surface area contributed by atoms with Gasteiger partial charge in [-0.05, 0) is 24.1 Å². The van der Waals surface area contributed by atoms with E-state index in [1.54, 1.807) is 12.1 Å². The molecule has 0 bridgehead atoms. The van der Waals surface area contributed by atoms with E-state index in [9.17, 15) is 9.90 Å². The second-order valence-electron chi connectivity index (χ2n) is 4.78. The van der Waals surface area contributed by atoms with E-state index in [0.717, 1.165) is 5.56 Å². The van der Waals surface area contributed by atoms with Crippen LogP contribution in [0.4, 0.5) is 0 Å². The van der Waals surface area contributed by atoms with Gasteiger partial charge < -0.3 is 9.52 Å². The molecule has 0 spiro atoms. The van der Waals surface area contributed by atoms with E-state index < -0.39 is 0 Å². The third-order valence-electron chi connectivity index (χ3n) is 3.45. The number of aromatic hydroxyl groups is 1. The van der Waals surface area contributed by atoms with Crippen LogP contribution in [-0.4, -0.2) is 5.11 Å². The van der Waals surface area contributed by atoms with Crippen molar-refractivity contribution in [3.05, 3.63) is 77.2 Å². The average molecular weight is 278 g/mol. The molecular weight excluding hydrogens is 264 g/mol. The molecule has 2 aromatic carbocycles. The Morgan fingerprint density at radius 1 is 1.14 bits per heavy atom. The quantitative estimate of drug-likeness (QED) is 0.739. The molecule has 3 heteroatoms. The zero-order chi connectivity index (χ0) is 14.8. The Hall–Kier alpha value is -2.81. The van der Waals surface area contributed by atoms with E-state index in [-0.39, 0.29) is 11.2 Å². The Morgan fingerprint density at radius 2 is 1.90 bits per heavy atom. The van der Waals surface area contributed by atoms with Gasteiger partial charge in [-0.2, -0.15) is 0 Å². The summed E-state index contributed by atoms with van der Waals surface area (Å²) >= 11 is 0. The number of phenolic OH excluding ortho intramolecular Hbond substituents is 1. The zero-order valence-corrected chi connectivity index (χ0v) is 11.4. The molecule has 1 N–H and O–H groups in total. The molecule has 1 aromatic heterocycles. The van der Waals surface area contributed by atoms with Crippen LogP contribution in [0.3, 0.4) is 0 Å². The summed E-state index contributed by atoms with van der Waals surface area (Å²) in [7, 11) is 0. The SMILES string of the molecule is C=CCc1c(O)ccc2c(=O)c(-c3ccccc3)coc12. The van der Waals surface area contributed by atoms with Crippen molar-refractivity contribution in [3.63, 3.8) is 0 Å². The Bertz CT molecular complexity index is 861. The molecule has 1 heterocycles.